The van der Waals surface area contributed by atoms with Crippen LogP contribution in [0.5, 0.6) is 5.75 Å². The van der Waals surface area contributed by atoms with E-state index in [1.807, 2.05) is 36.4 Å². The van der Waals surface area contributed by atoms with E-state index >= 15 is 0 Å². The van der Waals surface area contributed by atoms with Gasteiger partial charge in [-0.05, 0) is 50.9 Å². The van der Waals surface area contributed by atoms with E-state index in [1.54, 1.807) is 11.8 Å². The van der Waals surface area contributed by atoms with Crippen LogP contribution in [0.4, 0.5) is 5.95 Å². The lowest BCUT2D eigenvalue weighted by atomic mass is 9.99. The summed E-state index contributed by atoms with van der Waals surface area (Å²) in [6.07, 6.45) is 2.13. The van der Waals surface area contributed by atoms with Gasteiger partial charge in [0.2, 0.25) is 5.95 Å². The van der Waals surface area contributed by atoms with E-state index in [-0.39, 0.29) is 6.04 Å². The molecule has 3 aromatic carbocycles. The number of hydrogen-bond donors (Lipinski definition) is 1. The second kappa shape index (κ2) is 7.24. The molecule has 1 aliphatic heterocycles. The lowest BCUT2D eigenvalue weighted by Gasteiger charge is -2.23. The number of nitrogens with zero attached hydrogens (tertiary/aromatic N) is 4. The van der Waals surface area contributed by atoms with Gasteiger partial charge in [0.05, 0.1) is 7.11 Å². The van der Waals surface area contributed by atoms with Crippen molar-refractivity contribution in [3.8, 4) is 16.9 Å². The van der Waals surface area contributed by atoms with Gasteiger partial charge in [0.1, 0.15) is 11.8 Å². The smallest absolute Gasteiger partial charge is 0.248 e. The average molecular weight is 381 g/mol. The van der Waals surface area contributed by atoms with Crippen LogP contribution >= 0.6 is 0 Å². The molecule has 6 nitrogen and oxygen atoms in total. The SMILES string of the molecule is COc1cccc([C@@H]2C=C(c3ccc(-c4ccccc4)cc3)Nc3nnnn32)c1. The summed E-state index contributed by atoms with van der Waals surface area (Å²) >= 11 is 0. The number of rotatable bonds is 4. The minimum Gasteiger partial charge on any atom is -0.497 e. The Morgan fingerprint density at radius 2 is 1.62 bits per heavy atom. The Balaban J connectivity index is 1.52. The van der Waals surface area contributed by atoms with Gasteiger partial charge in [-0.25, -0.2) is 0 Å². The van der Waals surface area contributed by atoms with Crippen molar-refractivity contribution < 1.29 is 4.74 Å². The largest absolute Gasteiger partial charge is 0.497 e. The number of tetrazole rings is 1. The van der Waals surface area contributed by atoms with E-state index in [0.29, 0.717) is 5.95 Å². The standard InChI is InChI=1S/C23H19N5O/c1-29-20-9-5-8-19(14-20)22-15-21(24-23-25-26-27-28(22)23)18-12-10-17(11-13-18)16-6-3-2-4-7-16/h2-15,22H,1H3,(H,24,25,27)/t22-/m0/s1. The molecule has 0 unspecified atom stereocenters. The fourth-order valence-electron chi connectivity index (χ4n) is 3.56. The minimum atomic E-state index is -0.125. The molecule has 0 fully saturated rings. The molecule has 0 saturated heterocycles. The number of nitrogens with one attached hydrogen (secondary N) is 1. The molecule has 1 aliphatic rings. The zero-order valence-electron chi connectivity index (χ0n) is 15.9. The van der Waals surface area contributed by atoms with Crippen molar-refractivity contribution in [3.05, 3.63) is 96.1 Å². The predicted molar refractivity (Wildman–Crippen MR) is 112 cm³/mol. The fraction of sp³-hybridized carbons (Fsp3) is 0.0870. The first-order chi connectivity index (χ1) is 14.3. The number of anilines is 1. The predicted octanol–water partition coefficient (Wildman–Crippen LogP) is 4.40. The first-order valence-electron chi connectivity index (χ1n) is 9.38. The molecule has 0 radical (unpaired) electrons. The number of methoxy groups -OCH3 is 1. The molecule has 1 N–H and O–H groups in total. The quantitative estimate of drug-likeness (QED) is 0.567. The molecule has 0 bridgehead atoms. The van der Waals surface area contributed by atoms with Gasteiger partial charge in [0, 0.05) is 5.70 Å². The Bertz CT molecular complexity index is 1170. The number of fused-ring (bicyclic) bond motifs is 1. The fourth-order valence-corrected chi connectivity index (χ4v) is 3.56. The Morgan fingerprint density at radius 3 is 2.41 bits per heavy atom. The highest BCUT2D eigenvalue weighted by Crippen LogP contribution is 2.33. The first kappa shape index (κ1) is 17.2. The summed E-state index contributed by atoms with van der Waals surface area (Å²) in [4.78, 5) is 0. The molecule has 4 aromatic rings. The number of aromatic nitrogens is 4. The van der Waals surface area contributed by atoms with Crippen molar-refractivity contribution in [3.63, 3.8) is 0 Å². The molecular weight excluding hydrogens is 362 g/mol. The molecule has 1 aromatic heterocycles. The van der Waals surface area contributed by atoms with Crippen molar-refractivity contribution in [2.24, 2.45) is 0 Å². The van der Waals surface area contributed by atoms with Gasteiger partial charge >= 0.3 is 0 Å². The third-order valence-electron chi connectivity index (χ3n) is 5.07. The Labute approximate surface area is 168 Å². The monoisotopic (exact) mass is 381 g/mol. The van der Waals surface area contributed by atoms with Crippen LogP contribution in [-0.2, 0) is 0 Å². The third kappa shape index (κ3) is 3.25. The van der Waals surface area contributed by atoms with E-state index in [0.717, 1.165) is 22.6 Å². The normalized spacial score (nSPS) is 15.2. The first-order valence-corrected chi connectivity index (χ1v) is 9.38. The van der Waals surface area contributed by atoms with Crippen LogP contribution in [0.2, 0.25) is 0 Å². The molecule has 5 rings (SSSR count). The highest BCUT2D eigenvalue weighted by molar-refractivity contribution is 5.78. The number of allylic oxidation sites excluding steroid dienone is 1. The Morgan fingerprint density at radius 1 is 0.862 bits per heavy atom. The average Bonchev–Trinajstić information content (AvgIpc) is 3.28. The van der Waals surface area contributed by atoms with E-state index in [4.69, 9.17) is 4.74 Å². The second-order valence-electron chi connectivity index (χ2n) is 6.82. The number of hydrogen-bond acceptors (Lipinski definition) is 5. The number of benzene rings is 3. The van der Waals surface area contributed by atoms with Gasteiger partial charge in [-0.3, -0.25) is 0 Å². The molecule has 0 amide bonds. The van der Waals surface area contributed by atoms with Crippen LogP contribution in [0, 0.1) is 0 Å². The van der Waals surface area contributed by atoms with Crippen LogP contribution in [0.1, 0.15) is 17.2 Å². The molecule has 2 heterocycles. The molecule has 0 aliphatic carbocycles. The second-order valence-corrected chi connectivity index (χ2v) is 6.82. The van der Waals surface area contributed by atoms with E-state index in [9.17, 15) is 0 Å². The summed E-state index contributed by atoms with van der Waals surface area (Å²) in [5.74, 6) is 1.42. The van der Waals surface area contributed by atoms with Crippen molar-refractivity contribution in [1.82, 2.24) is 20.2 Å². The van der Waals surface area contributed by atoms with E-state index < -0.39 is 0 Å². The summed E-state index contributed by atoms with van der Waals surface area (Å²) in [5, 5.41) is 15.5. The van der Waals surface area contributed by atoms with Gasteiger partial charge in [0.15, 0.2) is 0 Å². The topological polar surface area (TPSA) is 64.9 Å². The molecule has 0 saturated carbocycles. The molecule has 29 heavy (non-hydrogen) atoms. The zero-order chi connectivity index (χ0) is 19.6. The molecule has 0 spiro atoms. The maximum atomic E-state index is 5.38. The van der Waals surface area contributed by atoms with Crippen LogP contribution in [0.25, 0.3) is 16.8 Å². The van der Waals surface area contributed by atoms with Crippen LogP contribution in [-0.4, -0.2) is 27.3 Å². The van der Waals surface area contributed by atoms with Gasteiger partial charge in [0.25, 0.3) is 0 Å². The van der Waals surface area contributed by atoms with Crippen molar-refractivity contribution in [2.45, 2.75) is 6.04 Å². The van der Waals surface area contributed by atoms with Crippen molar-refractivity contribution >= 4 is 11.6 Å². The van der Waals surface area contributed by atoms with Crippen LogP contribution < -0.4 is 10.1 Å². The van der Waals surface area contributed by atoms with Crippen LogP contribution in [0.15, 0.2) is 84.9 Å². The number of ether oxygens (including phenoxy) is 1. The summed E-state index contributed by atoms with van der Waals surface area (Å²) in [7, 11) is 1.67. The lowest BCUT2D eigenvalue weighted by molar-refractivity contribution is 0.413. The van der Waals surface area contributed by atoms with Gasteiger partial charge in [-0.15, -0.1) is 0 Å². The summed E-state index contributed by atoms with van der Waals surface area (Å²) in [6, 6.07) is 26.7. The summed E-state index contributed by atoms with van der Waals surface area (Å²) < 4.78 is 7.16. The summed E-state index contributed by atoms with van der Waals surface area (Å²) in [6.45, 7) is 0. The lowest BCUT2D eigenvalue weighted by Crippen LogP contribution is -2.20. The van der Waals surface area contributed by atoms with Crippen molar-refractivity contribution in [2.75, 3.05) is 12.4 Å². The van der Waals surface area contributed by atoms with E-state index in [2.05, 4.69) is 69.4 Å². The Hall–Kier alpha value is -3.93. The highest BCUT2D eigenvalue weighted by Gasteiger charge is 2.24. The molecular formula is C23H19N5O. The molecule has 1 atom stereocenters. The van der Waals surface area contributed by atoms with Gasteiger partial charge in [-0.2, -0.15) is 4.68 Å². The maximum absolute atomic E-state index is 5.38. The highest BCUT2D eigenvalue weighted by atomic mass is 16.5. The summed E-state index contributed by atoms with van der Waals surface area (Å²) in [5.41, 5.74) is 5.48. The maximum Gasteiger partial charge on any atom is 0.248 e. The minimum absolute atomic E-state index is 0.125. The van der Waals surface area contributed by atoms with E-state index in [1.165, 1.54) is 11.1 Å². The van der Waals surface area contributed by atoms with Gasteiger partial charge in [-0.1, -0.05) is 71.8 Å². The zero-order valence-corrected chi connectivity index (χ0v) is 15.9. The van der Waals surface area contributed by atoms with Crippen LogP contribution in [0.3, 0.4) is 0 Å². The third-order valence-corrected chi connectivity index (χ3v) is 5.07. The molecule has 6 heteroatoms. The van der Waals surface area contributed by atoms with Crippen molar-refractivity contribution in [1.29, 1.82) is 0 Å². The Kier molecular flexibility index (Phi) is 4.29. The van der Waals surface area contributed by atoms with Gasteiger partial charge < -0.3 is 10.1 Å². The molecule has 142 valence electrons.